The number of rotatable bonds is 6. The molecule has 33 nitrogen and oxygen atoms in total. The molecule has 13 atom stereocenters. The van der Waals surface area contributed by atoms with E-state index < -0.39 is 219 Å². The summed E-state index contributed by atoms with van der Waals surface area (Å²) in [6.45, 7) is 0.0115. The third-order valence-electron chi connectivity index (χ3n) is 17.2. The number of aliphatic hydroxyl groups excluding tert-OH is 3. The fourth-order valence-electron chi connectivity index (χ4n) is 12.4. The van der Waals surface area contributed by atoms with Crippen molar-refractivity contribution in [2.24, 2.45) is 5.73 Å². The normalized spacial score (nSPS) is 24.7. The largest absolute Gasteiger partial charge is 0.508 e. The highest BCUT2D eigenvalue weighted by molar-refractivity contribution is 6.32. The maximum atomic E-state index is 16.1. The highest BCUT2D eigenvalue weighted by Gasteiger charge is 2.49. The summed E-state index contributed by atoms with van der Waals surface area (Å²) >= 11 is 14.1. The summed E-state index contributed by atoms with van der Waals surface area (Å²) in [6, 6.07) is 4.38. The zero-order valence-corrected chi connectivity index (χ0v) is 54.0. The van der Waals surface area contributed by atoms with Gasteiger partial charge in [0.05, 0.1) is 16.7 Å². The Morgan fingerprint density at radius 2 is 1.19 bits per heavy atom. The predicted octanol–water partition coefficient (Wildman–Crippen LogP) is 2.48. The van der Waals surface area contributed by atoms with Crippen molar-refractivity contribution in [2.45, 2.75) is 92.4 Å². The Kier molecular flexibility index (Phi) is 19.3. The second-order valence-electron chi connectivity index (χ2n) is 24.2. The molecule has 0 aliphatic carbocycles. The third kappa shape index (κ3) is 14.1. The van der Waals surface area contributed by atoms with Gasteiger partial charge in [-0.15, -0.1) is 0 Å². The number of aromatic hydroxyl groups is 6. The maximum absolute atomic E-state index is 16.1. The summed E-state index contributed by atoms with van der Waals surface area (Å²) in [6.07, 6.45) is -10.3. The average Bonchev–Trinajstić information content (AvgIpc) is 0.769. The summed E-state index contributed by atoms with van der Waals surface area (Å²) in [5, 5.41) is 141. The van der Waals surface area contributed by atoms with Gasteiger partial charge in [0.25, 0.3) is 0 Å². The smallest absolute Gasteiger partial charge is 0.330 e. The van der Waals surface area contributed by atoms with Crippen molar-refractivity contribution in [1.29, 1.82) is 5.41 Å². The van der Waals surface area contributed by atoms with Gasteiger partial charge < -0.3 is 123 Å². The summed E-state index contributed by atoms with van der Waals surface area (Å²) in [5.41, 5.74) is 2.96. The number of hydrogen-bond acceptors (Lipinski definition) is 23. The zero-order valence-electron chi connectivity index (χ0n) is 52.5. The minimum atomic E-state index is -2.40. The molecular formula is C67H60Cl2N10O23. The lowest BCUT2D eigenvalue weighted by Gasteiger charge is -2.44. The van der Waals surface area contributed by atoms with E-state index in [1.54, 1.807) is 0 Å². The van der Waals surface area contributed by atoms with E-state index in [-0.39, 0.29) is 55.8 Å². The number of aliphatic carboxylic acids is 1. The van der Waals surface area contributed by atoms with Crippen LogP contribution in [-0.4, -0.2) is 154 Å². The van der Waals surface area contributed by atoms with Gasteiger partial charge in [-0.05, 0) is 112 Å². The van der Waals surface area contributed by atoms with Crippen LogP contribution < -0.4 is 62.5 Å². The van der Waals surface area contributed by atoms with Crippen LogP contribution in [0, 0.1) is 5.41 Å². The number of guanidine groups is 1. The Balaban J connectivity index is 1.09. The molecule has 7 aliphatic rings. The fraction of sp³-hybridized carbons (Fsp3) is 0.239. The van der Waals surface area contributed by atoms with E-state index in [9.17, 15) is 65.4 Å². The van der Waals surface area contributed by atoms with Gasteiger partial charge in [-0.25, -0.2) is 4.79 Å². The molecule has 7 aliphatic heterocycles. The lowest BCUT2D eigenvalue weighted by molar-refractivity contribution is -0.284. The maximum Gasteiger partial charge on any atom is 0.330 e. The SMILES string of the molecule is CC(=O)N[C@H]1[C@H](O[C@@H]2c3ccc(c(Cl)c3)Oc3cc4cc(c3O)Oc3ccc(cc3Cl)C[C@H]3NC(=O)[C@H](NC(=N)N)c5ccc(O)c(c5)Oc5cc(O)cc(c5)[C@H](NC3=O)C(=O)N[C@H]4C(=O)N[C@H]3C(=O)N[C@@H]2C(=O)N[C@@H](C(=O)O)c2cc(O)cc(O)c2-c2cc3ccc2O)O[C@H](CO)[C@@H](O)[C@@H]1O. The van der Waals surface area contributed by atoms with Gasteiger partial charge in [0.15, 0.2) is 41.3 Å². The quantitative estimate of drug-likeness (QED) is 0.0840. The number of fused-ring (bicyclic) bond motifs is 14. The molecule has 7 amide bonds. The highest BCUT2D eigenvalue weighted by atomic mass is 35.5. The minimum Gasteiger partial charge on any atom is -0.508 e. The first kappa shape index (κ1) is 70.0. The minimum absolute atomic E-state index is 0.0313. The molecule has 35 heteroatoms. The molecule has 0 spiro atoms. The molecule has 14 rings (SSSR count). The number of amides is 7. The van der Waals surface area contributed by atoms with Crippen LogP contribution in [0.1, 0.15) is 82.2 Å². The van der Waals surface area contributed by atoms with E-state index in [4.69, 9.17) is 58.0 Å². The monoisotopic (exact) mass is 1440 g/mol. The van der Waals surface area contributed by atoms with Crippen molar-refractivity contribution < 1.29 is 113 Å². The number of carboxylic acids is 1. The number of phenolic OH excluding ortho intramolecular Hbond substituents is 6. The Hall–Kier alpha value is -11.9. The lowest BCUT2D eigenvalue weighted by Crippen LogP contribution is -2.65. The fourth-order valence-corrected chi connectivity index (χ4v) is 12.9. The van der Waals surface area contributed by atoms with E-state index in [2.05, 4.69) is 42.5 Å². The van der Waals surface area contributed by atoms with Crippen LogP contribution in [0.25, 0.3) is 11.1 Å². The number of halogens is 2. The van der Waals surface area contributed by atoms with Crippen LogP contribution in [0.3, 0.4) is 0 Å². The molecule has 21 N–H and O–H groups in total. The van der Waals surface area contributed by atoms with Crippen LogP contribution >= 0.6 is 23.2 Å². The molecule has 0 saturated carbocycles. The van der Waals surface area contributed by atoms with Gasteiger partial charge in [0.2, 0.25) is 47.1 Å². The van der Waals surface area contributed by atoms with Crippen LogP contribution in [0.2, 0.25) is 10.0 Å². The number of hydrogen-bond donors (Lipinski definition) is 20. The molecule has 1 fully saturated rings. The summed E-state index contributed by atoms with van der Waals surface area (Å²) in [7, 11) is 0. The number of phenols is 6. The Bertz CT molecular complexity index is 4660. The number of aliphatic hydroxyl groups is 3. The molecule has 17 bridgehead atoms. The van der Waals surface area contributed by atoms with Crippen molar-refractivity contribution in [3.63, 3.8) is 0 Å². The van der Waals surface area contributed by atoms with Crippen molar-refractivity contribution in [1.82, 2.24) is 42.5 Å². The molecule has 0 aromatic heterocycles. The van der Waals surface area contributed by atoms with Crippen LogP contribution in [-0.2, 0) is 54.3 Å². The second kappa shape index (κ2) is 28.1. The molecular weight excluding hydrogens is 1380 g/mol. The van der Waals surface area contributed by atoms with E-state index in [1.807, 2.05) is 0 Å². The number of carbonyl (C=O) groups is 8. The number of carbonyl (C=O) groups excluding carboxylic acids is 7. The number of carboxylic acid groups (broad SMARTS) is 1. The molecule has 0 unspecified atom stereocenters. The predicted molar refractivity (Wildman–Crippen MR) is 350 cm³/mol. The average molecular weight is 1440 g/mol. The number of ether oxygens (including phenoxy) is 5. The number of benzene rings is 7. The summed E-state index contributed by atoms with van der Waals surface area (Å²) in [4.78, 5) is 120. The lowest BCUT2D eigenvalue weighted by atomic mass is 9.89. The Morgan fingerprint density at radius 1 is 0.588 bits per heavy atom. The Morgan fingerprint density at radius 3 is 1.83 bits per heavy atom. The molecule has 7 heterocycles. The molecule has 102 heavy (non-hydrogen) atoms. The molecule has 1 saturated heterocycles. The van der Waals surface area contributed by atoms with Crippen molar-refractivity contribution in [3.05, 3.63) is 164 Å². The van der Waals surface area contributed by atoms with Gasteiger partial charge in [-0.3, -0.25) is 39.0 Å². The first-order valence-electron chi connectivity index (χ1n) is 30.8. The van der Waals surface area contributed by atoms with Crippen LogP contribution in [0.15, 0.2) is 115 Å². The molecule has 0 radical (unpaired) electrons. The molecule has 530 valence electrons. The number of nitrogens with one attached hydrogen (secondary N) is 9. The van der Waals surface area contributed by atoms with Gasteiger partial charge >= 0.3 is 5.97 Å². The van der Waals surface area contributed by atoms with Gasteiger partial charge in [-0.1, -0.05) is 47.5 Å². The summed E-state index contributed by atoms with van der Waals surface area (Å²) < 4.78 is 31.2. The third-order valence-corrected chi connectivity index (χ3v) is 17.8. The van der Waals surface area contributed by atoms with E-state index in [0.29, 0.717) is 0 Å². The molecule has 7 aromatic rings. The van der Waals surface area contributed by atoms with Gasteiger partial charge in [0.1, 0.15) is 107 Å². The zero-order chi connectivity index (χ0) is 73.0. The summed E-state index contributed by atoms with van der Waals surface area (Å²) in [5.74, 6) is -18.2. The van der Waals surface area contributed by atoms with Gasteiger partial charge in [-0.2, -0.15) is 0 Å². The Labute approximate surface area is 584 Å². The van der Waals surface area contributed by atoms with Crippen LogP contribution in [0.5, 0.6) is 69.0 Å². The van der Waals surface area contributed by atoms with Crippen molar-refractivity contribution >= 4 is 76.5 Å². The molecule has 7 aromatic carbocycles. The van der Waals surface area contributed by atoms with Crippen molar-refractivity contribution in [3.8, 4) is 80.1 Å². The first-order valence-corrected chi connectivity index (χ1v) is 31.5. The van der Waals surface area contributed by atoms with Crippen molar-refractivity contribution in [2.75, 3.05) is 6.61 Å². The standard InChI is InChI=1S/C67H60Cl2N10O23/c1-23(81)72-53-57(89)56(88)46(22-80)101-66(53)102-58-27-5-9-42(36(69)15-27)100-45-18-29-17-44(55(45)87)99-41-8-2-24(10-35(41)68)11-37-59(90)74-50(28-12-30(82)19-32(13-28)98-43-16-26(4-7-39(43)85)49(60(91)73-37)79-67(70)71)62(93)76-51(29)63(94)75-48-25-3-6-38(84)33(14-25)47-34(20-31(83)21-40(47)86)52(65(96)97)77-64(95)54(58)78-61(48)92/h2-10,12-21,37,46,48-54,56-58,66,80,82-89H,11,22H2,1H3,(H,72,81)(H,73,91)(H,74,90)(H,75,94)(H,76,93)(H,77,95)(H,78,92)(H,96,97)(H4,70,71,79)/t37-,46-,48-,49-,50+,51-,52-,53-,54+,56-,57-,58-,66+/m1/s1. The van der Waals surface area contributed by atoms with E-state index in [1.165, 1.54) is 36.4 Å². The topological polar surface area (TPSA) is 531 Å². The van der Waals surface area contributed by atoms with E-state index in [0.717, 1.165) is 85.8 Å². The second-order valence-corrected chi connectivity index (χ2v) is 25.0. The first-order chi connectivity index (χ1) is 48.5. The highest BCUT2D eigenvalue weighted by Crippen LogP contribution is 2.49. The van der Waals surface area contributed by atoms with Crippen LogP contribution in [0.4, 0.5) is 0 Å². The van der Waals surface area contributed by atoms with E-state index >= 15 is 24.0 Å². The van der Waals surface area contributed by atoms with Gasteiger partial charge in [0, 0.05) is 42.2 Å². The number of nitrogens with two attached hydrogens (primary N) is 1.